The Labute approximate surface area is 132 Å². The molecule has 0 fully saturated rings. The van der Waals surface area contributed by atoms with Gasteiger partial charge in [0.1, 0.15) is 0 Å². The molecule has 4 nitrogen and oxygen atoms in total. The van der Waals surface area contributed by atoms with E-state index in [1.54, 1.807) is 30.3 Å². The van der Waals surface area contributed by atoms with Crippen LogP contribution in [0.3, 0.4) is 0 Å². The lowest BCUT2D eigenvalue weighted by atomic mass is 10.1. The minimum absolute atomic E-state index is 0.227. The monoisotopic (exact) mass is 313 g/mol. The van der Waals surface area contributed by atoms with E-state index in [1.807, 2.05) is 6.07 Å². The molecule has 0 aliphatic heterocycles. The van der Waals surface area contributed by atoms with Crippen molar-refractivity contribution >= 4 is 23.4 Å². The number of esters is 1. The smallest absolute Gasteiger partial charge is 0.338 e. The predicted octanol–water partition coefficient (Wildman–Crippen LogP) is 3.64. The fourth-order valence-corrected chi connectivity index (χ4v) is 2.06. The van der Waals surface area contributed by atoms with Gasteiger partial charge in [-0.2, -0.15) is 5.26 Å². The Bertz CT molecular complexity index is 764. The van der Waals surface area contributed by atoms with Crippen molar-refractivity contribution in [2.45, 2.75) is 13.0 Å². The van der Waals surface area contributed by atoms with Crippen LogP contribution in [0.1, 0.15) is 33.2 Å². The number of hydrogen-bond donors (Lipinski definition) is 0. The summed E-state index contributed by atoms with van der Waals surface area (Å²) in [7, 11) is 0. The number of ether oxygens (including phenoxy) is 1. The van der Waals surface area contributed by atoms with E-state index >= 15 is 0 Å². The summed E-state index contributed by atoms with van der Waals surface area (Å²) in [6, 6.07) is 14.5. The van der Waals surface area contributed by atoms with Gasteiger partial charge in [0, 0.05) is 10.6 Å². The molecule has 1 unspecified atom stereocenters. The lowest BCUT2D eigenvalue weighted by Gasteiger charge is -2.12. The Balaban J connectivity index is 2.11. The topological polar surface area (TPSA) is 67.2 Å². The average Bonchev–Trinajstić information content (AvgIpc) is 2.54. The third kappa shape index (κ3) is 3.72. The zero-order valence-electron chi connectivity index (χ0n) is 11.7. The molecule has 22 heavy (non-hydrogen) atoms. The lowest BCUT2D eigenvalue weighted by Crippen LogP contribution is -2.24. The predicted molar refractivity (Wildman–Crippen MR) is 81.8 cm³/mol. The molecule has 0 spiro atoms. The molecule has 0 saturated carbocycles. The van der Waals surface area contributed by atoms with Gasteiger partial charge in [-0.15, -0.1) is 0 Å². The fraction of sp³-hybridized carbons (Fsp3) is 0.118. The van der Waals surface area contributed by atoms with E-state index in [0.29, 0.717) is 16.1 Å². The van der Waals surface area contributed by atoms with Crippen LogP contribution in [0, 0.1) is 11.3 Å². The number of halogens is 1. The number of benzene rings is 2. The SMILES string of the molecule is CC(OC(=O)c1cccc(C#N)c1)C(=O)c1cccc(Cl)c1. The summed E-state index contributed by atoms with van der Waals surface area (Å²) in [6.07, 6.45) is -0.947. The maximum Gasteiger partial charge on any atom is 0.338 e. The van der Waals surface area contributed by atoms with Crippen LogP contribution in [0.4, 0.5) is 0 Å². The van der Waals surface area contributed by atoms with Crippen molar-refractivity contribution in [1.29, 1.82) is 5.26 Å². The summed E-state index contributed by atoms with van der Waals surface area (Å²) in [5.74, 6) is -0.993. The lowest BCUT2D eigenvalue weighted by molar-refractivity contribution is 0.0319. The summed E-state index contributed by atoms with van der Waals surface area (Å²) in [6.45, 7) is 1.50. The van der Waals surface area contributed by atoms with Gasteiger partial charge in [0.2, 0.25) is 5.78 Å². The third-order valence-corrected chi connectivity index (χ3v) is 3.22. The first-order valence-electron chi connectivity index (χ1n) is 6.52. The molecule has 0 amide bonds. The van der Waals surface area contributed by atoms with Crippen molar-refractivity contribution in [1.82, 2.24) is 0 Å². The summed E-state index contributed by atoms with van der Waals surface area (Å²) >= 11 is 5.84. The maximum atomic E-state index is 12.2. The molecule has 0 bridgehead atoms. The van der Waals surface area contributed by atoms with Gasteiger partial charge in [-0.05, 0) is 37.3 Å². The van der Waals surface area contributed by atoms with Gasteiger partial charge < -0.3 is 4.74 Å². The normalized spacial score (nSPS) is 11.3. The van der Waals surface area contributed by atoms with Crippen molar-refractivity contribution in [2.75, 3.05) is 0 Å². The minimum atomic E-state index is -0.947. The molecule has 2 aromatic rings. The summed E-state index contributed by atoms with van der Waals surface area (Å²) in [5, 5.41) is 9.26. The van der Waals surface area contributed by atoms with Crippen LogP contribution >= 0.6 is 11.6 Å². The van der Waals surface area contributed by atoms with Crippen LogP contribution in [0.15, 0.2) is 48.5 Å². The van der Waals surface area contributed by atoms with E-state index in [1.165, 1.54) is 25.1 Å². The van der Waals surface area contributed by atoms with Gasteiger partial charge in [-0.1, -0.05) is 29.8 Å². The molecular formula is C17H12ClNO3. The molecule has 5 heteroatoms. The molecule has 1 atom stereocenters. The number of Topliss-reactive ketones (excluding diaryl/α,β-unsaturated/α-hetero) is 1. The molecule has 0 aromatic heterocycles. The van der Waals surface area contributed by atoms with E-state index < -0.39 is 12.1 Å². The van der Waals surface area contributed by atoms with Gasteiger partial charge in [-0.25, -0.2) is 4.79 Å². The number of rotatable bonds is 4. The van der Waals surface area contributed by atoms with E-state index in [0.717, 1.165) is 0 Å². The standard InChI is InChI=1S/C17H12ClNO3/c1-11(16(20)13-5-3-7-15(18)9-13)22-17(21)14-6-2-4-12(8-14)10-19/h2-9,11H,1H3. The third-order valence-electron chi connectivity index (χ3n) is 2.99. The van der Waals surface area contributed by atoms with E-state index in [9.17, 15) is 9.59 Å². The van der Waals surface area contributed by atoms with E-state index in [-0.39, 0.29) is 11.3 Å². The van der Waals surface area contributed by atoms with Crippen LogP contribution in [0.25, 0.3) is 0 Å². The maximum absolute atomic E-state index is 12.2. The van der Waals surface area contributed by atoms with Gasteiger partial charge >= 0.3 is 5.97 Å². The molecule has 2 aromatic carbocycles. The van der Waals surface area contributed by atoms with Crippen LogP contribution in [0.5, 0.6) is 0 Å². The Morgan fingerprint density at radius 2 is 1.82 bits per heavy atom. The van der Waals surface area contributed by atoms with Crippen LogP contribution in [0.2, 0.25) is 5.02 Å². The van der Waals surface area contributed by atoms with Crippen LogP contribution in [-0.2, 0) is 4.74 Å². The van der Waals surface area contributed by atoms with Crippen LogP contribution in [-0.4, -0.2) is 17.9 Å². The number of hydrogen-bond acceptors (Lipinski definition) is 4. The largest absolute Gasteiger partial charge is 0.451 e. The first kappa shape index (κ1) is 15.7. The molecule has 110 valence electrons. The van der Waals surface area contributed by atoms with E-state index in [4.69, 9.17) is 21.6 Å². The molecule has 0 radical (unpaired) electrons. The molecule has 0 heterocycles. The number of carbonyl (C=O) groups is 2. The second-order valence-electron chi connectivity index (χ2n) is 4.61. The molecule has 0 saturated heterocycles. The minimum Gasteiger partial charge on any atom is -0.451 e. The van der Waals surface area contributed by atoms with Crippen molar-refractivity contribution in [2.24, 2.45) is 0 Å². The molecular weight excluding hydrogens is 302 g/mol. The Hall–Kier alpha value is -2.64. The second kappa shape index (κ2) is 6.88. The van der Waals surface area contributed by atoms with Gasteiger partial charge in [0.05, 0.1) is 17.2 Å². The summed E-state index contributed by atoms with van der Waals surface area (Å²) in [4.78, 5) is 24.2. The highest BCUT2D eigenvalue weighted by Gasteiger charge is 2.20. The quantitative estimate of drug-likeness (QED) is 0.638. The number of nitrogens with zero attached hydrogens (tertiary/aromatic N) is 1. The zero-order chi connectivity index (χ0) is 16.1. The summed E-state index contributed by atoms with van der Waals surface area (Å²) in [5.41, 5.74) is 0.951. The van der Waals surface area contributed by atoms with Crippen molar-refractivity contribution in [3.8, 4) is 6.07 Å². The van der Waals surface area contributed by atoms with E-state index in [2.05, 4.69) is 0 Å². The van der Waals surface area contributed by atoms with Gasteiger partial charge in [0.25, 0.3) is 0 Å². The Morgan fingerprint density at radius 3 is 2.50 bits per heavy atom. The first-order valence-corrected chi connectivity index (χ1v) is 6.90. The molecule has 0 aliphatic carbocycles. The average molecular weight is 314 g/mol. The Morgan fingerprint density at radius 1 is 1.14 bits per heavy atom. The molecule has 0 N–H and O–H groups in total. The highest BCUT2D eigenvalue weighted by atomic mass is 35.5. The number of nitriles is 1. The molecule has 0 aliphatic rings. The van der Waals surface area contributed by atoms with Crippen molar-refractivity contribution < 1.29 is 14.3 Å². The molecule has 2 rings (SSSR count). The van der Waals surface area contributed by atoms with Crippen molar-refractivity contribution in [3.63, 3.8) is 0 Å². The summed E-state index contributed by atoms with van der Waals surface area (Å²) < 4.78 is 5.15. The zero-order valence-corrected chi connectivity index (χ0v) is 12.5. The number of ketones is 1. The van der Waals surface area contributed by atoms with Gasteiger partial charge in [-0.3, -0.25) is 4.79 Å². The highest BCUT2D eigenvalue weighted by Crippen LogP contribution is 2.15. The van der Waals surface area contributed by atoms with Crippen LogP contribution < -0.4 is 0 Å². The number of carbonyl (C=O) groups excluding carboxylic acids is 2. The fourth-order valence-electron chi connectivity index (χ4n) is 1.87. The highest BCUT2D eigenvalue weighted by molar-refractivity contribution is 6.31. The first-order chi connectivity index (χ1) is 10.5. The van der Waals surface area contributed by atoms with Crippen molar-refractivity contribution in [3.05, 3.63) is 70.2 Å². The van der Waals surface area contributed by atoms with Gasteiger partial charge in [0.15, 0.2) is 6.10 Å². The Kier molecular flexibility index (Phi) is 4.92. The second-order valence-corrected chi connectivity index (χ2v) is 5.05.